The predicted molar refractivity (Wildman–Crippen MR) is 95.5 cm³/mol. The number of thioether (sulfide) groups is 1. The summed E-state index contributed by atoms with van der Waals surface area (Å²) in [5, 5.41) is 2.83. The summed E-state index contributed by atoms with van der Waals surface area (Å²) in [4.78, 5) is 23.0. The van der Waals surface area contributed by atoms with Gasteiger partial charge in [-0.2, -0.15) is 11.8 Å². The summed E-state index contributed by atoms with van der Waals surface area (Å²) in [6.07, 6.45) is 0.294. The Labute approximate surface area is 145 Å². The van der Waals surface area contributed by atoms with Gasteiger partial charge in [-0.05, 0) is 24.3 Å². The fourth-order valence-corrected chi connectivity index (χ4v) is 2.60. The van der Waals surface area contributed by atoms with Crippen molar-refractivity contribution in [3.05, 3.63) is 54.6 Å². The number of amides is 1. The number of methoxy groups -OCH3 is 1. The summed E-state index contributed by atoms with van der Waals surface area (Å²) < 4.78 is 10.4. The summed E-state index contributed by atoms with van der Waals surface area (Å²) >= 11 is 1.38. The van der Waals surface area contributed by atoms with Gasteiger partial charge in [0.15, 0.2) is 5.75 Å². The molecule has 0 unspecified atom stereocenters. The molecule has 0 aromatic heterocycles. The number of hydrogen-bond acceptors (Lipinski definition) is 5. The zero-order valence-corrected chi connectivity index (χ0v) is 14.2. The minimum Gasteiger partial charge on any atom is -0.469 e. The first kappa shape index (κ1) is 17.9. The number of nitrogens with one attached hydrogen (secondary N) is 1. The van der Waals surface area contributed by atoms with Gasteiger partial charge in [-0.25, -0.2) is 0 Å². The maximum atomic E-state index is 12.0. The smallest absolute Gasteiger partial charge is 0.306 e. The van der Waals surface area contributed by atoms with E-state index in [1.165, 1.54) is 18.9 Å². The maximum absolute atomic E-state index is 12.0. The van der Waals surface area contributed by atoms with E-state index in [1.54, 1.807) is 12.1 Å². The molecule has 0 saturated heterocycles. The lowest BCUT2D eigenvalue weighted by Crippen LogP contribution is -2.15. The lowest BCUT2D eigenvalue weighted by molar-refractivity contribution is -0.140. The first-order chi connectivity index (χ1) is 11.7. The predicted octanol–water partition coefficient (Wildman–Crippen LogP) is 3.71. The van der Waals surface area contributed by atoms with E-state index in [0.717, 1.165) is 0 Å². The van der Waals surface area contributed by atoms with Gasteiger partial charge in [0.05, 0.1) is 25.0 Å². The molecule has 6 heteroatoms. The van der Waals surface area contributed by atoms with Crippen molar-refractivity contribution in [1.82, 2.24) is 0 Å². The number of hydrogen-bond donors (Lipinski definition) is 1. The number of ether oxygens (including phenoxy) is 2. The van der Waals surface area contributed by atoms with E-state index in [4.69, 9.17) is 4.74 Å². The van der Waals surface area contributed by atoms with Crippen molar-refractivity contribution < 1.29 is 19.1 Å². The molecule has 0 radical (unpaired) electrons. The highest BCUT2D eigenvalue weighted by atomic mass is 32.2. The maximum Gasteiger partial charge on any atom is 0.306 e. The van der Waals surface area contributed by atoms with Crippen LogP contribution in [0.5, 0.6) is 11.5 Å². The van der Waals surface area contributed by atoms with Crippen molar-refractivity contribution in [2.24, 2.45) is 0 Å². The largest absolute Gasteiger partial charge is 0.469 e. The fourth-order valence-electron chi connectivity index (χ4n) is 1.88. The van der Waals surface area contributed by atoms with Crippen LogP contribution in [0.3, 0.4) is 0 Å². The summed E-state index contributed by atoms with van der Waals surface area (Å²) in [7, 11) is 1.35. The standard InChI is InChI=1S/C18H19NO4S/c1-22-18(21)11-12-24-13-17(20)19-15-9-5-6-10-16(15)23-14-7-3-2-4-8-14/h2-10H,11-13H2,1H3,(H,19,20). The average Bonchev–Trinajstić information content (AvgIpc) is 2.61. The molecule has 0 aliphatic heterocycles. The molecular weight excluding hydrogens is 326 g/mol. The van der Waals surface area contributed by atoms with Gasteiger partial charge in [0.25, 0.3) is 0 Å². The van der Waals surface area contributed by atoms with Crippen LogP contribution in [0.4, 0.5) is 5.69 Å². The first-order valence-corrected chi connectivity index (χ1v) is 8.61. The molecule has 126 valence electrons. The Hall–Kier alpha value is -2.47. The van der Waals surface area contributed by atoms with E-state index in [-0.39, 0.29) is 17.6 Å². The van der Waals surface area contributed by atoms with Crippen LogP contribution in [0.2, 0.25) is 0 Å². The van der Waals surface area contributed by atoms with Crippen molar-refractivity contribution in [2.45, 2.75) is 6.42 Å². The van der Waals surface area contributed by atoms with Crippen LogP contribution in [0, 0.1) is 0 Å². The summed E-state index contributed by atoms with van der Waals surface area (Å²) in [6.45, 7) is 0. The third-order valence-corrected chi connectivity index (χ3v) is 4.00. The van der Waals surface area contributed by atoms with E-state index in [0.29, 0.717) is 29.4 Å². The lowest BCUT2D eigenvalue weighted by Gasteiger charge is -2.12. The van der Waals surface area contributed by atoms with Gasteiger partial charge in [0.2, 0.25) is 5.91 Å². The van der Waals surface area contributed by atoms with Crippen LogP contribution in [0.25, 0.3) is 0 Å². The number of para-hydroxylation sites is 3. The molecule has 0 saturated carbocycles. The summed E-state index contributed by atoms with van der Waals surface area (Å²) in [5.41, 5.74) is 0.611. The van der Waals surface area contributed by atoms with Crippen molar-refractivity contribution in [3.8, 4) is 11.5 Å². The Morgan fingerprint density at radius 3 is 2.50 bits per heavy atom. The SMILES string of the molecule is COC(=O)CCSCC(=O)Nc1ccccc1Oc1ccccc1. The molecule has 5 nitrogen and oxygen atoms in total. The number of esters is 1. The summed E-state index contributed by atoms with van der Waals surface area (Å²) in [6, 6.07) is 16.6. The molecule has 0 aliphatic rings. The van der Waals surface area contributed by atoms with E-state index in [1.807, 2.05) is 42.5 Å². The second-order valence-corrected chi connectivity index (χ2v) is 5.94. The van der Waals surface area contributed by atoms with E-state index in [9.17, 15) is 9.59 Å². The van der Waals surface area contributed by atoms with Gasteiger partial charge in [0, 0.05) is 5.75 Å². The Balaban J connectivity index is 1.88. The highest BCUT2D eigenvalue weighted by Crippen LogP contribution is 2.29. The van der Waals surface area contributed by atoms with Crippen molar-refractivity contribution in [1.29, 1.82) is 0 Å². The van der Waals surface area contributed by atoms with Crippen LogP contribution >= 0.6 is 11.8 Å². The molecule has 1 amide bonds. The van der Waals surface area contributed by atoms with E-state index in [2.05, 4.69) is 10.1 Å². The third-order valence-electron chi connectivity index (χ3n) is 3.04. The Morgan fingerprint density at radius 2 is 1.75 bits per heavy atom. The van der Waals surface area contributed by atoms with Crippen molar-refractivity contribution in [3.63, 3.8) is 0 Å². The molecule has 1 N–H and O–H groups in total. The molecule has 24 heavy (non-hydrogen) atoms. The third kappa shape index (κ3) is 5.96. The molecule has 2 aromatic rings. The van der Waals surface area contributed by atoms with E-state index >= 15 is 0 Å². The normalized spacial score (nSPS) is 10.0. The van der Waals surface area contributed by atoms with Gasteiger partial charge in [-0.1, -0.05) is 30.3 Å². The number of carbonyl (C=O) groups is 2. The van der Waals surface area contributed by atoms with E-state index < -0.39 is 0 Å². The Bertz CT molecular complexity index is 676. The quantitative estimate of drug-likeness (QED) is 0.583. The van der Waals surface area contributed by atoms with Gasteiger partial charge in [0.1, 0.15) is 5.75 Å². The Morgan fingerprint density at radius 1 is 1.04 bits per heavy atom. The van der Waals surface area contributed by atoms with Crippen LogP contribution < -0.4 is 10.1 Å². The molecule has 2 aromatic carbocycles. The molecule has 0 heterocycles. The second-order valence-electron chi connectivity index (χ2n) is 4.84. The number of anilines is 1. The number of rotatable bonds is 8. The van der Waals surface area contributed by atoms with Crippen LogP contribution in [0.15, 0.2) is 54.6 Å². The fraction of sp³-hybridized carbons (Fsp3) is 0.222. The molecule has 0 aliphatic carbocycles. The number of carbonyl (C=O) groups excluding carboxylic acids is 2. The minimum absolute atomic E-state index is 0.144. The zero-order chi connectivity index (χ0) is 17.2. The van der Waals surface area contributed by atoms with Crippen LogP contribution in [-0.4, -0.2) is 30.5 Å². The monoisotopic (exact) mass is 345 g/mol. The molecule has 0 atom stereocenters. The van der Waals surface area contributed by atoms with Gasteiger partial charge in [-0.3, -0.25) is 9.59 Å². The highest BCUT2D eigenvalue weighted by molar-refractivity contribution is 7.99. The lowest BCUT2D eigenvalue weighted by atomic mass is 10.3. The Kier molecular flexibility index (Phi) is 7.17. The molecule has 0 fully saturated rings. The average molecular weight is 345 g/mol. The van der Waals surface area contributed by atoms with Crippen LogP contribution in [0.1, 0.15) is 6.42 Å². The molecule has 0 spiro atoms. The van der Waals surface area contributed by atoms with Crippen LogP contribution in [-0.2, 0) is 14.3 Å². The molecule has 0 bridgehead atoms. The highest BCUT2D eigenvalue weighted by Gasteiger charge is 2.09. The zero-order valence-electron chi connectivity index (χ0n) is 13.4. The second kappa shape index (κ2) is 9.62. The van der Waals surface area contributed by atoms with Gasteiger partial charge < -0.3 is 14.8 Å². The topological polar surface area (TPSA) is 64.6 Å². The van der Waals surface area contributed by atoms with Gasteiger partial charge in [-0.15, -0.1) is 0 Å². The molecular formula is C18H19NO4S. The first-order valence-electron chi connectivity index (χ1n) is 7.45. The van der Waals surface area contributed by atoms with Crippen molar-refractivity contribution >= 4 is 29.3 Å². The summed E-state index contributed by atoms with van der Waals surface area (Å²) in [5.74, 6) is 1.67. The van der Waals surface area contributed by atoms with Gasteiger partial charge >= 0.3 is 5.97 Å². The number of benzene rings is 2. The molecule has 2 rings (SSSR count). The minimum atomic E-state index is -0.274. The van der Waals surface area contributed by atoms with Crippen molar-refractivity contribution in [2.75, 3.05) is 23.9 Å².